The lowest BCUT2D eigenvalue weighted by molar-refractivity contribution is -0.120. The second-order valence-corrected chi connectivity index (χ2v) is 4.51. The van der Waals surface area contributed by atoms with Crippen LogP contribution >= 0.6 is 0 Å². The third-order valence-electron chi connectivity index (χ3n) is 2.64. The molecule has 114 valence electrons. The van der Waals surface area contributed by atoms with E-state index in [0.717, 1.165) is 12.0 Å². The van der Waals surface area contributed by atoms with Gasteiger partial charge in [-0.3, -0.25) is 4.79 Å². The lowest BCUT2D eigenvalue weighted by atomic mass is 10.1. The quantitative estimate of drug-likeness (QED) is 0.634. The average Bonchev–Trinajstić information content (AvgIpc) is 2.44. The van der Waals surface area contributed by atoms with Gasteiger partial charge in [0.15, 0.2) is 0 Å². The molecule has 4 N–H and O–H groups in total. The number of carboxylic acids is 1. The fourth-order valence-corrected chi connectivity index (χ4v) is 1.60. The van der Waals surface area contributed by atoms with E-state index in [1.165, 1.54) is 12.1 Å². The van der Waals surface area contributed by atoms with E-state index in [1.807, 2.05) is 6.92 Å². The molecule has 0 atom stereocenters. The molecular weight excluding hydrogens is 274 g/mol. The molecule has 7 nitrogen and oxygen atoms in total. The highest BCUT2D eigenvalue weighted by Crippen LogP contribution is 2.17. The number of urea groups is 1. The molecular formula is C14H19N3O4. The lowest BCUT2D eigenvalue weighted by Crippen LogP contribution is -2.39. The third-order valence-corrected chi connectivity index (χ3v) is 2.64. The maximum atomic E-state index is 11.7. The predicted molar refractivity (Wildman–Crippen MR) is 78.5 cm³/mol. The Morgan fingerprint density at radius 1 is 1.19 bits per heavy atom. The largest absolute Gasteiger partial charge is 0.478 e. The zero-order chi connectivity index (χ0) is 15.8. The van der Waals surface area contributed by atoms with Gasteiger partial charge in [-0.15, -0.1) is 0 Å². The molecule has 0 fully saturated rings. The van der Waals surface area contributed by atoms with Crippen LogP contribution in [0.2, 0.25) is 0 Å². The van der Waals surface area contributed by atoms with Gasteiger partial charge in [0, 0.05) is 6.54 Å². The first-order valence-electron chi connectivity index (χ1n) is 6.59. The highest BCUT2D eigenvalue weighted by Gasteiger charge is 2.13. The first-order valence-corrected chi connectivity index (χ1v) is 6.59. The molecule has 1 aromatic rings. The van der Waals surface area contributed by atoms with Crippen molar-refractivity contribution in [2.24, 2.45) is 0 Å². The molecule has 0 radical (unpaired) electrons. The fourth-order valence-electron chi connectivity index (χ4n) is 1.60. The number of rotatable bonds is 6. The first kappa shape index (κ1) is 16.5. The van der Waals surface area contributed by atoms with E-state index in [-0.39, 0.29) is 23.7 Å². The van der Waals surface area contributed by atoms with Crippen LogP contribution in [0, 0.1) is 6.92 Å². The van der Waals surface area contributed by atoms with Crippen LogP contribution in [-0.2, 0) is 4.79 Å². The number of carbonyl (C=O) groups is 3. The van der Waals surface area contributed by atoms with E-state index in [2.05, 4.69) is 16.0 Å². The van der Waals surface area contributed by atoms with Gasteiger partial charge in [-0.2, -0.15) is 0 Å². The number of carboxylic acid groups (broad SMARTS) is 1. The first-order chi connectivity index (χ1) is 9.93. The summed E-state index contributed by atoms with van der Waals surface area (Å²) in [6.07, 6.45) is 0.809. The zero-order valence-corrected chi connectivity index (χ0v) is 12.0. The molecule has 7 heteroatoms. The Morgan fingerprint density at radius 3 is 2.52 bits per heavy atom. The number of hydrogen-bond acceptors (Lipinski definition) is 3. The molecule has 0 aromatic heterocycles. The van der Waals surface area contributed by atoms with Gasteiger partial charge < -0.3 is 21.1 Å². The summed E-state index contributed by atoms with van der Waals surface area (Å²) >= 11 is 0. The van der Waals surface area contributed by atoms with Crippen LogP contribution in [0.25, 0.3) is 0 Å². The number of anilines is 1. The summed E-state index contributed by atoms with van der Waals surface area (Å²) in [5.74, 6) is -1.43. The van der Waals surface area contributed by atoms with Gasteiger partial charge in [0.25, 0.3) is 0 Å². The number of aryl methyl sites for hydroxylation is 1. The van der Waals surface area contributed by atoms with E-state index in [0.29, 0.717) is 6.54 Å². The Morgan fingerprint density at radius 2 is 1.90 bits per heavy atom. The van der Waals surface area contributed by atoms with Crippen molar-refractivity contribution in [2.45, 2.75) is 20.3 Å². The minimum atomic E-state index is -1.13. The molecule has 0 aliphatic rings. The maximum Gasteiger partial charge on any atom is 0.337 e. The van der Waals surface area contributed by atoms with Gasteiger partial charge in [-0.05, 0) is 25.5 Å². The Balaban J connectivity index is 2.59. The van der Waals surface area contributed by atoms with Gasteiger partial charge in [0.1, 0.15) is 0 Å². The normalized spacial score (nSPS) is 9.81. The summed E-state index contributed by atoms with van der Waals surface area (Å²) in [7, 11) is 0. The van der Waals surface area contributed by atoms with E-state index in [9.17, 15) is 14.4 Å². The van der Waals surface area contributed by atoms with E-state index < -0.39 is 12.0 Å². The van der Waals surface area contributed by atoms with Gasteiger partial charge in [0.05, 0.1) is 17.8 Å². The highest BCUT2D eigenvalue weighted by molar-refractivity contribution is 6.00. The summed E-state index contributed by atoms with van der Waals surface area (Å²) in [5, 5.41) is 16.5. The molecule has 21 heavy (non-hydrogen) atoms. The van der Waals surface area contributed by atoms with E-state index in [1.54, 1.807) is 13.0 Å². The maximum absolute atomic E-state index is 11.7. The summed E-state index contributed by atoms with van der Waals surface area (Å²) in [5.41, 5.74) is 0.956. The van der Waals surface area contributed by atoms with Crippen molar-refractivity contribution >= 4 is 23.6 Å². The van der Waals surface area contributed by atoms with Crippen LogP contribution < -0.4 is 16.0 Å². The van der Waals surface area contributed by atoms with E-state index in [4.69, 9.17) is 5.11 Å². The third kappa shape index (κ3) is 5.52. The smallest absolute Gasteiger partial charge is 0.337 e. The van der Waals surface area contributed by atoms with E-state index >= 15 is 0 Å². The lowest BCUT2D eigenvalue weighted by Gasteiger charge is -2.10. The minimum absolute atomic E-state index is 0.000541. The Kier molecular flexibility index (Phi) is 6.19. The Bertz CT molecular complexity index is 543. The van der Waals surface area contributed by atoms with Crippen LogP contribution in [-0.4, -0.2) is 36.1 Å². The van der Waals surface area contributed by atoms with Crippen molar-refractivity contribution in [1.82, 2.24) is 10.6 Å². The predicted octanol–water partition coefficient (Wildman–Crippen LogP) is 1.34. The second-order valence-electron chi connectivity index (χ2n) is 4.51. The summed E-state index contributed by atoms with van der Waals surface area (Å²) in [6.45, 7) is 4.06. The molecule has 0 saturated carbocycles. The second kappa shape index (κ2) is 7.88. The number of aromatic carboxylic acids is 1. The van der Waals surface area contributed by atoms with Crippen LogP contribution in [0.3, 0.4) is 0 Å². The molecule has 0 saturated heterocycles. The fraction of sp³-hybridized carbons (Fsp3) is 0.357. The Hall–Kier alpha value is -2.57. The number of nitrogens with one attached hydrogen (secondary N) is 3. The molecule has 3 amide bonds. The minimum Gasteiger partial charge on any atom is -0.478 e. The summed E-state index contributed by atoms with van der Waals surface area (Å²) in [4.78, 5) is 34.1. The summed E-state index contributed by atoms with van der Waals surface area (Å²) < 4.78 is 0. The van der Waals surface area contributed by atoms with Crippen LogP contribution in [0.15, 0.2) is 18.2 Å². The molecule has 0 spiro atoms. The standard InChI is InChI=1S/C14H19N3O4/c1-3-6-15-12(18)8-16-14(21)17-11-5-4-9(2)7-10(11)13(19)20/h4-5,7H,3,6,8H2,1-2H3,(H,15,18)(H,19,20)(H2,16,17,21). The number of carbonyl (C=O) groups excluding carboxylic acids is 2. The van der Waals surface area contributed by atoms with Crippen molar-refractivity contribution in [3.8, 4) is 0 Å². The number of amides is 3. The SMILES string of the molecule is CCCNC(=O)CNC(=O)Nc1ccc(C)cc1C(=O)O. The highest BCUT2D eigenvalue weighted by atomic mass is 16.4. The van der Waals surface area contributed by atoms with Crippen LogP contribution in [0.1, 0.15) is 29.3 Å². The van der Waals surface area contributed by atoms with Crippen molar-refractivity contribution in [2.75, 3.05) is 18.4 Å². The summed E-state index contributed by atoms with van der Waals surface area (Å²) in [6, 6.07) is 4.03. The van der Waals surface area contributed by atoms with Crippen molar-refractivity contribution in [1.29, 1.82) is 0 Å². The Labute approximate surface area is 122 Å². The molecule has 0 aliphatic heterocycles. The monoisotopic (exact) mass is 293 g/mol. The molecule has 1 aromatic carbocycles. The van der Waals surface area contributed by atoms with Gasteiger partial charge in [-0.25, -0.2) is 9.59 Å². The molecule has 0 aliphatic carbocycles. The molecule has 1 rings (SSSR count). The van der Waals surface area contributed by atoms with Crippen LogP contribution in [0.4, 0.5) is 10.5 Å². The molecule has 0 heterocycles. The topological polar surface area (TPSA) is 108 Å². The van der Waals surface area contributed by atoms with Crippen molar-refractivity contribution < 1.29 is 19.5 Å². The van der Waals surface area contributed by atoms with Crippen LogP contribution in [0.5, 0.6) is 0 Å². The molecule has 0 unspecified atom stereocenters. The van der Waals surface area contributed by atoms with Gasteiger partial charge >= 0.3 is 12.0 Å². The number of hydrogen-bond donors (Lipinski definition) is 4. The van der Waals surface area contributed by atoms with Crippen molar-refractivity contribution in [3.63, 3.8) is 0 Å². The van der Waals surface area contributed by atoms with Gasteiger partial charge in [0.2, 0.25) is 5.91 Å². The zero-order valence-electron chi connectivity index (χ0n) is 12.0. The number of benzene rings is 1. The average molecular weight is 293 g/mol. The molecule has 0 bridgehead atoms. The van der Waals surface area contributed by atoms with Gasteiger partial charge in [-0.1, -0.05) is 18.6 Å². The van der Waals surface area contributed by atoms with Crippen molar-refractivity contribution in [3.05, 3.63) is 29.3 Å².